The molecule has 1 rings (SSSR count). The van der Waals surface area contributed by atoms with E-state index in [9.17, 15) is 9.90 Å². The van der Waals surface area contributed by atoms with Crippen molar-refractivity contribution in [3.63, 3.8) is 0 Å². The number of nitrogens with zero attached hydrogens (tertiary/aromatic N) is 9. The summed E-state index contributed by atoms with van der Waals surface area (Å²) in [6.45, 7) is 2.57. The number of benzene rings is 1. The SMILES string of the molecule is [N-]=[N+]=NCCCCCCCCc1cc(C(=O)O)c(CCCN)c(OCCCCCCN=[N+]=[N-])c1CCCCCCCCN=[N+]=[N-]. The van der Waals surface area contributed by atoms with Crippen LogP contribution in [0, 0.1) is 0 Å². The van der Waals surface area contributed by atoms with Gasteiger partial charge in [-0.3, -0.25) is 0 Å². The van der Waals surface area contributed by atoms with Gasteiger partial charge in [-0.15, -0.1) is 0 Å². The van der Waals surface area contributed by atoms with Crippen molar-refractivity contribution in [3.8, 4) is 5.75 Å². The summed E-state index contributed by atoms with van der Waals surface area (Å²) in [5, 5.41) is 21.0. The van der Waals surface area contributed by atoms with Gasteiger partial charge in [0.25, 0.3) is 0 Å². The molecule has 0 saturated carbocycles. The summed E-state index contributed by atoms with van der Waals surface area (Å²) < 4.78 is 6.49. The van der Waals surface area contributed by atoms with Crippen molar-refractivity contribution in [1.29, 1.82) is 0 Å². The van der Waals surface area contributed by atoms with E-state index in [1.165, 1.54) is 0 Å². The van der Waals surface area contributed by atoms with E-state index < -0.39 is 5.97 Å². The average molecular weight is 627 g/mol. The number of carboxylic acids is 1. The van der Waals surface area contributed by atoms with Gasteiger partial charge in [-0.25, -0.2) is 4.79 Å². The Morgan fingerprint density at radius 1 is 0.644 bits per heavy atom. The topological polar surface area (TPSA) is 219 Å². The molecule has 0 saturated heterocycles. The minimum atomic E-state index is -0.932. The Kier molecular flexibility index (Phi) is 24.4. The molecule has 3 N–H and O–H groups in total. The molecule has 45 heavy (non-hydrogen) atoms. The Bertz CT molecular complexity index is 1110. The Balaban J connectivity index is 3.06. The lowest BCUT2D eigenvalue weighted by Gasteiger charge is -2.22. The maximum absolute atomic E-state index is 12.5. The molecule has 0 aliphatic heterocycles. The Labute approximate surface area is 268 Å². The highest BCUT2D eigenvalue weighted by Crippen LogP contribution is 2.35. The van der Waals surface area contributed by atoms with Gasteiger partial charge in [0.15, 0.2) is 0 Å². The molecule has 0 radical (unpaired) electrons. The quantitative estimate of drug-likeness (QED) is 0.0368. The first-order valence-electron chi connectivity index (χ1n) is 16.9. The number of ether oxygens (including phenoxy) is 1. The van der Waals surface area contributed by atoms with Crippen molar-refractivity contribution in [2.24, 2.45) is 21.1 Å². The van der Waals surface area contributed by atoms with Gasteiger partial charge in [-0.1, -0.05) is 79.6 Å². The summed E-state index contributed by atoms with van der Waals surface area (Å²) in [4.78, 5) is 20.9. The van der Waals surface area contributed by atoms with Crippen LogP contribution < -0.4 is 10.5 Å². The third kappa shape index (κ3) is 18.7. The number of azide groups is 3. The molecule has 0 aromatic heterocycles. The van der Waals surface area contributed by atoms with E-state index in [1.54, 1.807) is 0 Å². The number of carbonyl (C=O) groups is 1. The van der Waals surface area contributed by atoms with E-state index in [2.05, 4.69) is 30.1 Å². The predicted octanol–water partition coefficient (Wildman–Crippen LogP) is 9.91. The van der Waals surface area contributed by atoms with E-state index in [-0.39, 0.29) is 0 Å². The highest BCUT2D eigenvalue weighted by atomic mass is 16.5. The van der Waals surface area contributed by atoms with E-state index in [0.717, 1.165) is 138 Å². The number of rotatable bonds is 30. The Morgan fingerprint density at radius 3 is 1.58 bits per heavy atom. The molecule has 13 heteroatoms. The van der Waals surface area contributed by atoms with E-state index in [1.807, 2.05) is 6.07 Å². The predicted molar refractivity (Wildman–Crippen MR) is 180 cm³/mol. The highest BCUT2D eigenvalue weighted by molar-refractivity contribution is 5.91. The second-order valence-electron chi connectivity index (χ2n) is 11.4. The zero-order valence-electron chi connectivity index (χ0n) is 27.1. The number of nitrogens with two attached hydrogens (primary N) is 1. The van der Waals surface area contributed by atoms with Crippen LogP contribution in [0.25, 0.3) is 31.3 Å². The van der Waals surface area contributed by atoms with Gasteiger partial charge in [0.2, 0.25) is 0 Å². The third-order valence-electron chi connectivity index (χ3n) is 7.92. The summed E-state index contributed by atoms with van der Waals surface area (Å²) in [5.41, 5.74) is 34.5. The molecule has 1 aromatic carbocycles. The summed E-state index contributed by atoms with van der Waals surface area (Å²) >= 11 is 0. The maximum Gasteiger partial charge on any atom is 0.336 e. The lowest BCUT2D eigenvalue weighted by molar-refractivity contribution is 0.0694. The summed E-state index contributed by atoms with van der Waals surface area (Å²) in [6.07, 6.45) is 18.8. The van der Waals surface area contributed by atoms with Crippen LogP contribution in [0.2, 0.25) is 0 Å². The molecular formula is C32H54N10O3. The molecule has 0 aliphatic carbocycles. The molecule has 0 spiro atoms. The lowest BCUT2D eigenvalue weighted by Crippen LogP contribution is -2.14. The molecule has 0 fully saturated rings. The summed E-state index contributed by atoms with van der Waals surface area (Å²) in [6, 6.07) is 1.89. The summed E-state index contributed by atoms with van der Waals surface area (Å²) in [7, 11) is 0. The second-order valence-corrected chi connectivity index (χ2v) is 11.4. The molecule has 0 atom stereocenters. The average Bonchev–Trinajstić information content (AvgIpc) is 3.04. The number of hydrogen-bond donors (Lipinski definition) is 2. The van der Waals surface area contributed by atoms with Gasteiger partial charge >= 0.3 is 5.97 Å². The van der Waals surface area contributed by atoms with Crippen LogP contribution in [0.4, 0.5) is 0 Å². The van der Waals surface area contributed by atoms with Crippen LogP contribution in [0.3, 0.4) is 0 Å². The molecular weight excluding hydrogens is 572 g/mol. The molecule has 0 heterocycles. The van der Waals surface area contributed by atoms with E-state index in [0.29, 0.717) is 51.2 Å². The number of aryl methyl sites for hydroxylation is 1. The fourth-order valence-electron chi connectivity index (χ4n) is 5.53. The normalized spacial score (nSPS) is 10.5. The minimum absolute atomic E-state index is 0.324. The molecule has 0 unspecified atom stereocenters. The Morgan fingerprint density at radius 2 is 1.09 bits per heavy atom. The zero-order valence-corrected chi connectivity index (χ0v) is 27.1. The van der Waals surface area contributed by atoms with Gasteiger partial charge in [0.1, 0.15) is 5.75 Å². The van der Waals surface area contributed by atoms with Crippen LogP contribution in [0.1, 0.15) is 136 Å². The van der Waals surface area contributed by atoms with Crippen molar-refractivity contribution in [2.45, 2.75) is 128 Å². The fourth-order valence-corrected chi connectivity index (χ4v) is 5.53. The molecule has 1 aromatic rings. The smallest absolute Gasteiger partial charge is 0.336 e. The van der Waals surface area contributed by atoms with Crippen molar-refractivity contribution >= 4 is 5.97 Å². The van der Waals surface area contributed by atoms with Crippen LogP contribution in [0.5, 0.6) is 5.75 Å². The first kappa shape index (κ1) is 39.4. The van der Waals surface area contributed by atoms with Gasteiger partial charge < -0.3 is 15.6 Å². The molecule has 13 nitrogen and oxygen atoms in total. The molecule has 250 valence electrons. The highest BCUT2D eigenvalue weighted by Gasteiger charge is 2.22. The van der Waals surface area contributed by atoms with Crippen LogP contribution in [-0.4, -0.2) is 43.9 Å². The van der Waals surface area contributed by atoms with Gasteiger partial charge in [0.05, 0.1) is 12.2 Å². The van der Waals surface area contributed by atoms with E-state index >= 15 is 0 Å². The van der Waals surface area contributed by atoms with Crippen LogP contribution in [0.15, 0.2) is 21.4 Å². The first-order chi connectivity index (χ1) is 22.1. The number of aromatic carboxylic acids is 1. The van der Waals surface area contributed by atoms with Crippen molar-refractivity contribution in [1.82, 2.24) is 0 Å². The van der Waals surface area contributed by atoms with Crippen LogP contribution in [-0.2, 0) is 19.3 Å². The maximum atomic E-state index is 12.5. The standard InChI is InChI=1S/C32H54N10O3/c33-21-17-20-29-30(32(43)44)26-27(18-11-5-1-3-7-13-22-37-40-34)28(19-12-6-2-4-8-14-23-38-41-35)31(29)45-25-16-10-9-15-24-39-42-36/h26H,1-25,33H2,(H,43,44). The second kappa shape index (κ2) is 27.9. The minimum Gasteiger partial charge on any atom is -0.493 e. The van der Waals surface area contributed by atoms with Gasteiger partial charge in [-0.05, 0) is 105 Å². The number of hydrogen-bond acceptors (Lipinski definition) is 6. The monoisotopic (exact) mass is 626 g/mol. The third-order valence-corrected chi connectivity index (χ3v) is 7.92. The number of unbranched alkanes of at least 4 members (excludes halogenated alkanes) is 13. The largest absolute Gasteiger partial charge is 0.493 e. The lowest BCUT2D eigenvalue weighted by atomic mass is 9.88. The molecule has 0 bridgehead atoms. The van der Waals surface area contributed by atoms with Crippen molar-refractivity contribution in [2.75, 3.05) is 32.8 Å². The summed E-state index contributed by atoms with van der Waals surface area (Å²) in [5.74, 6) is -0.182. The first-order valence-corrected chi connectivity index (χ1v) is 16.9. The fraction of sp³-hybridized carbons (Fsp3) is 0.781. The molecule has 0 amide bonds. The van der Waals surface area contributed by atoms with E-state index in [4.69, 9.17) is 27.1 Å². The number of carboxylic acid groups (broad SMARTS) is 1. The van der Waals surface area contributed by atoms with Crippen molar-refractivity contribution in [3.05, 3.63) is 59.6 Å². The van der Waals surface area contributed by atoms with Crippen molar-refractivity contribution < 1.29 is 14.6 Å². The van der Waals surface area contributed by atoms with Gasteiger partial charge in [-0.2, -0.15) is 0 Å². The molecule has 0 aliphatic rings. The Hall–Kier alpha value is -3.62. The van der Waals surface area contributed by atoms with Gasteiger partial charge in [0, 0.05) is 39.9 Å². The zero-order chi connectivity index (χ0) is 32.8. The van der Waals surface area contributed by atoms with Crippen LogP contribution >= 0.6 is 0 Å².